The van der Waals surface area contributed by atoms with E-state index >= 15 is 0 Å². The monoisotopic (exact) mass is 333 g/mol. The zero-order valence-corrected chi connectivity index (χ0v) is 12.2. The minimum Gasteiger partial charge on any atom is -0.460 e. The molecular formula is C15H15N5O4. The molecule has 2 aromatic heterocycles. The van der Waals surface area contributed by atoms with Crippen molar-refractivity contribution in [2.24, 2.45) is 0 Å². The van der Waals surface area contributed by atoms with Crippen LogP contribution in [0.4, 0.5) is 5.95 Å². The van der Waals surface area contributed by atoms with Crippen LogP contribution >= 0.6 is 0 Å². The van der Waals surface area contributed by atoms with E-state index in [0.29, 0.717) is 0 Å². The highest BCUT2D eigenvalue weighted by Gasteiger charge is 2.09. The van der Waals surface area contributed by atoms with Crippen LogP contribution in [0.3, 0.4) is 0 Å². The maximum absolute atomic E-state index is 12.0. The van der Waals surface area contributed by atoms with Crippen LogP contribution in [-0.4, -0.2) is 38.6 Å². The number of carbonyl (C=O) groups excluding carboxylic acids is 1. The van der Waals surface area contributed by atoms with Crippen LogP contribution in [0, 0.1) is 0 Å². The van der Waals surface area contributed by atoms with Gasteiger partial charge in [0, 0.05) is 0 Å². The molecule has 124 valence electrons. The number of carbonyl (C=O) groups is 1. The first-order valence-electron chi connectivity index (χ1n) is 8.74. The van der Waals surface area contributed by atoms with Gasteiger partial charge in [0.25, 0.3) is 5.56 Å². The van der Waals surface area contributed by atoms with Gasteiger partial charge in [0.2, 0.25) is 5.95 Å². The number of rotatable bonds is 6. The molecule has 0 saturated carbocycles. The molecule has 3 N–H and O–H groups in total. The molecule has 0 spiro atoms. The molecule has 2 heterocycles. The molecule has 0 aliphatic carbocycles. The summed E-state index contributed by atoms with van der Waals surface area (Å²) in [6.07, 6.45) is 1.16. The number of aromatic nitrogens is 4. The molecule has 0 bridgehead atoms. The summed E-state index contributed by atoms with van der Waals surface area (Å²) < 4.78 is 42.0. The van der Waals surface area contributed by atoms with Crippen LogP contribution in [0.5, 0.6) is 0 Å². The summed E-state index contributed by atoms with van der Waals surface area (Å²) in [5, 5.41) is 0. The summed E-state index contributed by atoms with van der Waals surface area (Å²) in [6, 6.07) is 7.58. The predicted molar refractivity (Wildman–Crippen MR) is 85.2 cm³/mol. The fourth-order valence-electron chi connectivity index (χ4n) is 1.90. The van der Waals surface area contributed by atoms with E-state index in [2.05, 4.69) is 19.7 Å². The van der Waals surface area contributed by atoms with Gasteiger partial charge in [0.05, 0.1) is 23.9 Å². The average Bonchev–Trinajstić information content (AvgIpc) is 3.03. The number of nitrogens with two attached hydrogens (primary N) is 1. The number of imidazole rings is 1. The van der Waals surface area contributed by atoms with E-state index in [1.54, 1.807) is 18.2 Å². The zero-order valence-electron chi connectivity index (χ0n) is 16.2. The Labute approximate surface area is 141 Å². The van der Waals surface area contributed by atoms with Gasteiger partial charge in [-0.15, -0.1) is 0 Å². The van der Waals surface area contributed by atoms with Crippen molar-refractivity contribution in [3.8, 4) is 0 Å². The molecule has 0 radical (unpaired) electrons. The highest BCUT2D eigenvalue weighted by molar-refractivity contribution is 5.89. The third-order valence-corrected chi connectivity index (χ3v) is 2.96. The number of nitrogens with one attached hydrogen (secondary N) is 1. The van der Waals surface area contributed by atoms with E-state index in [-0.39, 0.29) is 22.7 Å². The van der Waals surface area contributed by atoms with Crippen molar-refractivity contribution in [2.75, 3.05) is 18.9 Å². The second kappa shape index (κ2) is 6.92. The molecule has 0 aliphatic heterocycles. The maximum Gasteiger partial charge on any atom is 0.338 e. The number of ether oxygens (including phenoxy) is 2. The Balaban J connectivity index is 1.76. The summed E-state index contributed by atoms with van der Waals surface area (Å²) in [5.41, 5.74) is 4.93. The third-order valence-electron chi connectivity index (χ3n) is 2.96. The highest BCUT2D eigenvalue weighted by atomic mass is 16.6. The van der Waals surface area contributed by atoms with Crippen molar-refractivity contribution >= 4 is 23.1 Å². The quantitative estimate of drug-likeness (QED) is 0.630. The Morgan fingerprint density at radius 2 is 2.12 bits per heavy atom. The number of fused-ring (bicyclic) bond motifs is 1. The molecule has 9 nitrogen and oxygen atoms in total. The molecule has 0 atom stereocenters. The lowest BCUT2D eigenvalue weighted by Gasteiger charge is -2.07. The number of nitrogens with zero attached hydrogens (tertiary/aromatic N) is 3. The molecule has 9 heteroatoms. The van der Waals surface area contributed by atoms with Crippen LogP contribution in [0.15, 0.2) is 41.5 Å². The molecule has 1 aromatic carbocycles. The number of hydrogen-bond acceptors (Lipinski definition) is 7. The number of benzene rings is 1. The fraction of sp³-hybridized carbons (Fsp3) is 0.200. The maximum atomic E-state index is 12.0. The first kappa shape index (κ1) is 11.4. The van der Waals surface area contributed by atoms with Crippen molar-refractivity contribution in [1.82, 2.24) is 19.5 Å². The van der Waals surface area contributed by atoms with Gasteiger partial charge in [-0.25, -0.2) is 9.78 Å². The predicted octanol–water partition coefficient (Wildman–Crippen LogP) is 0.533. The molecule has 0 fully saturated rings. The minimum absolute atomic E-state index is 0.0268. The Kier molecular flexibility index (Phi) is 3.27. The first-order chi connectivity index (χ1) is 13.1. The number of hydrogen-bond donors (Lipinski definition) is 2. The third kappa shape index (κ3) is 3.41. The molecule has 0 aliphatic rings. The van der Waals surface area contributed by atoms with Gasteiger partial charge in [-0.3, -0.25) is 14.3 Å². The van der Waals surface area contributed by atoms with Crippen LogP contribution in [-0.2, 0) is 16.2 Å². The molecule has 0 saturated heterocycles. The lowest BCUT2D eigenvalue weighted by atomic mass is 10.2. The fourth-order valence-corrected chi connectivity index (χ4v) is 1.90. The van der Waals surface area contributed by atoms with Gasteiger partial charge in [0.15, 0.2) is 11.2 Å². The highest BCUT2D eigenvalue weighted by Crippen LogP contribution is 2.06. The second-order valence-corrected chi connectivity index (χ2v) is 4.57. The van der Waals surface area contributed by atoms with Crippen molar-refractivity contribution in [2.45, 2.75) is 6.73 Å². The van der Waals surface area contributed by atoms with Gasteiger partial charge in [-0.1, -0.05) is 18.2 Å². The van der Waals surface area contributed by atoms with Gasteiger partial charge in [-0.2, -0.15) is 4.98 Å². The van der Waals surface area contributed by atoms with Gasteiger partial charge in [-0.05, 0) is 12.1 Å². The van der Waals surface area contributed by atoms with Gasteiger partial charge < -0.3 is 15.2 Å². The van der Waals surface area contributed by atoms with Crippen molar-refractivity contribution in [1.29, 1.82) is 0 Å². The Bertz CT molecular complexity index is 1070. The number of nitrogen functional groups attached to an aromatic ring is 1. The van der Waals surface area contributed by atoms with Gasteiger partial charge in [0.1, 0.15) is 13.3 Å². The zero-order chi connectivity index (χ0) is 20.5. The van der Waals surface area contributed by atoms with Crippen molar-refractivity contribution in [3.05, 3.63) is 52.6 Å². The molecule has 3 aromatic rings. The van der Waals surface area contributed by atoms with E-state index in [9.17, 15) is 9.59 Å². The van der Waals surface area contributed by atoms with E-state index < -0.39 is 31.4 Å². The topological polar surface area (TPSA) is 125 Å². The average molecular weight is 333 g/mol. The summed E-state index contributed by atoms with van der Waals surface area (Å²) >= 11 is 0. The molecule has 24 heavy (non-hydrogen) atoms. The summed E-state index contributed by atoms with van der Waals surface area (Å²) in [6.45, 7) is -6.71. The van der Waals surface area contributed by atoms with Crippen LogP contribution < -0.4 is 11.3 Å². The SMILES string of the molecule is [2H]C([2H])(OCn1cnc2c(=O)[nH]c(N)nc21)C([2H])([2H])OC(=O)c1ccccc1. The first-order valence-corrected chi connectivity index (χ1v) is 6.74. The van der Waals surface area contributed by atoms with E-state index in [0.717, 1.165) is 10.9 Å². The van der Waals surface area contributed by atoms with E-state index in [4.69, 9.17) is 16.0 Å². The molecule has 3 rings (SSSR count). The van der Waals surface area contributed by atoms with E-state index in [1.807, 2.05) is 0 Å². The Hall–Kier alpha value is -3.20. The molecule has 0 amide bonds. The molecular weight excluding hydrogens is 314 g/mol. The summed E-state index contributed by atoms with van der Waals surface area (Å²) in [5.74, 6) is -1.22. The van der Waals surface area contributed by atoms with E-state index in [1.165, 1.54) is 12.1 Å². The largest absolute Gasteiger partial charge is 0.460 e. The van der Waals surface area contributed by atoms with Crippen molar-refractivity contribution in [3.63, 3.8) is 0 Å². The van der Waals surface area contributed by atoms with Crippen LogP contribution in [0.25, 0.3) is 11.2 Å². The standard InChI is InChI=1S/C15H15N5O4/c16-15-18-12-11(13(21)19-15)17-8-20(12)9-23-6-7-24-14(22)10-4-2-1-3-5-10/h1-5,8H,6-7,9H2,(H3,16,18,19,21)/i6D2,7D2. The Morgan fingerprint density at radius 3 is 2.92 bits per heavy atom. The summed E-state index contributed by atoms with van der Waals surface area (Å²) in [4.78, 5) is 33.8. The number of esters is 1. The smallest absolute Gasteiger partial charge is 0.338 e. The number of H-pyrrole nitrogens is 1. The Morgan fingerprint density at radius 1 is 1.33 bits per heavy atom. The lowest BCUT2D eigenvalue weighted by molar-refractivity contribution is 0.0181. The van der Waals surface area contributed by atoms with Crippen molar-refractivity contribution < 1.29 is 19.8 Å². The minimum atomic E-state index is -3.11. The number of anilines is 1. The van der Waals surface area contributed by atoms with Crippen LogP contribution in [0.1, 0.15) is 15.8 Å². The lowest BCUT2D eigenvalue weighted by Crippen LogP contribution is -2.14. The number of aromatic amines is 1. The molecule has 0 unspecified atom stereocenters. The summed E-state index contributed by atoms with van der Waals surface area (Å²) in [7, 11) is 0. The van der Waals surface area contributed by atoms with Gasteiger partial charge >= 0.3 is 5.97 Å². The van der Waals surface area contributed by atoms with Crippen LogP contribution in [0.2, 0.25) is 0 Å². The second-order valence-electron chi connectivity index (χ2n) is 4.57. The normalized spacial score (nSPS) is 14.5.